The van der Waals surface area contributed by atoms with Gasteiger partial charge in [0.15, 0.2) is 0 Å². The van der Waals surface area contributed by atoms with Gasteiger partial charge in [-0.15, -0.1) is 0 Å². The summed E-state index contributed by atoms with van der Waals surface area (Å²) in [4.78, 5) is 12.6. The molecule has 0 radical (unpaired) electrons. The Kier molecular flexibility index (Phi) is 6.34. The number of hydrogen-bond acceptors (Lipinski definition) is 3. The van der Waals surface area contributed by atoms with E-state index in [-0.39, 0.29) is 17.8 Å². The number of benzene rings is 2. The van der Waals surface area contributed by atoms with E-state index in [1.807, 2.05) is 30.0 Å². The maximum Gasteiger partial charge on any atom is 0.222 e. The summed E-state index contributed by atoms with van der Waals surface area (Å²) in [6.07, 6.45) is 0.412. The second kappa shape index (κ2) is 8.70. The number of rotatable bonds is 5. The van der Waals surface area contributed by atoms with Gasteiger partial charge in [-0.3, -0.25) is 4.79 Å². The minimum Gasteiger partial charge on any atom is -0.345 e. The van der Waals surface area contributed by atoms with Crippen LogP contribution in [0, 0.1) is 5.82 Å². The van der Waals surface area contributed by atoms with Crippen molar-refractivity contribution < 1.29 is 9.18 Å². The van der Waals surface area contributed by atoms with Crippen LogP contribution in [0.2, 0.25) is 5.02 Å². The minimum absolute atomic E-state index is 0.0470. The smallest absolute Gasteiger partial charge is 0.222 e. The van der Waals surface area contributed by atoms with Gasteiger partial charge in [0.25, 0.3) is 0 Å². The molecule has 0 aliphatic carbocycles. The normalized spacial score (nSPS) is 18.6. The topological polar surface area (TPSA) is 41.1 Å². The molecule has 1 aliphatic heterocycles. The van der Waals surface area contributed by atoms with Gasteiger partial charge < -0.3 is 10.6 Å². The molecule has 1 saturated heterocycles. The first-order valence-electron chi connectivity index (χ1n) is 8.24. The van der Waals surface area contributed by atoms with Crippen LogP contribution < -0.4 is 10.6 Å². The van der Waals surface area contributed by atoms with Crippen molar-refractivity contribution in [1.82, 2.24) is 10.6 Å². The Morgan fingerprint density at radius 2 is 2.04 bits per heavy atom. The van der Waals surface area contributed by atoms with Gasteiger partial charge in [0, 0.05) is 35.5 Å². The largest absolute Gasteiger partial charge is 0.345 e. The molecule has 1 aliphatic rings. The predicted octanol–water partition coefficient (Wildman–Crippen LogP) is 3.78. The summed E-state index contributed by atoms with van der Waals surface area (Å²) in [6, 6.07) is 13.3. The van der Waals surface area contributed by atoms with Crippen LogP contribution in [-0.4, -0.2) is 30.0 Å². The Bertz CT molecular complexity index is 720. The molecule has 0 saturated carbocycles. The quantitative estimate of drug-likeness (QED) is 0.831. The predicted molar refractivity (Wildman–Crippen MR) is 102 cm³/mol. The second-order valence-electron chi connectivity index (χ2n) is 6.00. The van der Waals surface area contributed by atoms with Gasteiger partial charge in [-0.2, -0.15) is 11.8 Å². The van der Waals surface area contributed by atoms with Crippen LogP contribution in [0.15, 0.2) is 48.5 Å². The van der Waals surface area contributed by atoms with Gasteiger partial charge in [-0.1, -0.05) is 41.9 Å². The van der Waals surface area contributed by atoms with Crippen LogP contribution in [0.3, 0.4) is 0 Å². The number of halogens is 2. The molecule has 3 nitrogen and oxygen atoms in total. The summed E-state index contributed by atoms with van der Waals surface area (Å²) in [5.41, 5.74) is 1.60. The van der Waals surface area contributed by atoms with Crippen molar-refractivity contribution in [1.29, 1.82) is 0 Å². The molecule has 2 unspecified atom stereocenters. The third-order valence-corrected chi connectivity index (χ3v) is 5.63. The zero-order chi connectivity index (χ0) is 17.6. The Balaban J connectivity index is 1.80. The highest BCUT2D eigenvalue weighted by Crippen LogP contribution is 2.28. The average molecular weight is 379 g/mol. The van der Waals surface area contributed by atoms with Crippen LogP contribution >= 0.6 is 23.4 Å². The zero-order valence-corrected chi connectivity index (χ0v) is 15.2. The summed E-state index contributed by atoms with van der Waals surface area (Å²) in [5, 5.41) is 7.00. The van der Waals surface area contributed by atoms with Crippen molar-refractivity contribution in [2.75, 3.05) is 18.1 Å². The van der Waals surface area contributed by atoms with Gasteiger partial charge >= 0.3 is 0 Å². The van der Waals surface area contributed by atoms with Gasteiger partial charge in [-0.25, -0.2) is 4.39 Å². The molecular weight excluding hydrogens is 359 g/mol. The maximum absolute atomic E-state index is 13.3. The summed E-state index contributed by atoms with van der Waals surface area (Å²) < 4.78 is 13.3. The molecule has 1 amide bonds. The van der Waals surface area contributed by atoms with E-state index in [1.165, 1.54) is 12.1 Å². The number of amides is 1. The number of hydrogen-bond donors (Lipinski definition) is 2. The van der Waals surface area contributed by atoms with Crippen molar-refractivity contribution in [3.05, 3.63) is 70.5 Å². The molecule has 0 spiro atoms. The Hall–Kier alpha value is -1.56. The van der Waals surface area contributed by atoms with Gasteiger partial charge in [-0.05, 0) is 29.3 Å². The standard InChI is InChI=1S/C19H20ClFN2OS/c20-17-4-2-1-3-16(17)19(13-5-7-14(21)8-6-13)23-18(24)11-15-12-25-10-9-22-15/h1-8,15,19,22H,9-12H2,(H,23,24). The first kappa shape index (κ1) is 18.2. The van der Waals surface area contributed by atoms with E-state index in [4.69, 9.17) is 11.6 Å². The molecule has 132 valence electrons. The molecule has 0 aromatic heterocycles. The van der Waals surface area contributed by atoms with Crippen molar-refractivity contribution >= 4 is 29.3 Å². The van der Waals surface area contributed by atoms with Crippen molar-refractivity contribution in [2.24, 2.45) is 0 Å². The highest BCUT2D eigenvalue weighted by molar-refractivity contribution is 7.99. The maximum atomic E-state index is 13.3. The lowest BCUT2D eigenvalue weighted by molar-refractivity contribution is -0.122. The Labute approximate surface area is 156 Å². The molecule has 6 heteroatoms. The van der Waals surface area contributed by atoms with Crippen LogP contribution in [-0.2, 0) is 4.79 Å². The molecule has 3 rings (SSSR count). The second-order valence-corrected chi connectivity index (χ2v) is 7.56. The fourth-order valence-corrected chi connectivity index (χ4v) is 4.09. The molecule has 0 bridgehead atoms. The molecule has 2 N–H and O–H groups in total. The van der Waals surface area contributed by atoms with E-state index >= 15 is 0 Å². The lowest BCUT2D eigenvalue weighted by Crippen LogP contribution is -2.42. The lowest BCUT2D eigenvalue weighted by Gasteiger charge is -2.25. The van der Waals surface area contributed by atoms with Crippen molar-refractivity contribution in [3.63, 3.8) is 0 Å². The summed E-state index contributed by atoms with van der Waals surface area (Å²) in [7, 11) is 0. The first-order chi connectivity index (χ1) is 12.1. The fraction of sp³-hybridized carbons (Fsp3) is 0.316. The number of thioether (sulfide) groups is 1. The number of carbonyl (C=O) groups is 1. The lowest BCUT2D eigenvalue weighted by atomic mass is 9.98. The monoisotopic (exact) mass is 378 g/mol. The number of nitrogens with one attached hydrogen (secondary N) is 2. The summed E-state index contributed by atoms with van der Waals surface area (Å²) in [6.45, 7) is 0.925. The van der Waals surface area contributed by atoms with Crippen LogP contribution in [0.4, 0.5) is 4.39 Å². The highest BCUT2D eigenvalue weighted by Gasteiger charge is 2.22. The van der Waals surface area contributed by atoms with Gasteiger partial charge in [0.2, 0.25) is 5.91 Å². The highest BCUT2D eigenvalue weighted by atomic mass is 35.5. The summed E-state index contributed by atoms with van der Waals surface area (Å²) >= 11 is 8.19. The third kappa shape index (κ3) is 4.97. The van der Waals surface area contributed by atoms with E-state index in [9.17, 15) is 9.18 Å². The van der Waals surface area contributed by atoms with Gasteiger partial charge in [0.1, 0.15) is 5.82 Å². The molecular formula is C19H20ClFN2OS. The number of carbonyl (C=O) groups excluding carboxylic acids is 1. The Morgan fingerprint density at radius 1 is 1.28 bits per heavy atom. The van der Waals surface area contributed by atoms with E-state index < -0.39 is 6.04 Å². The van der Waals surface area contributed by atoms with Crippen LogP contribution in [0.5, 0.6) is 0 Å². The van der Waals surface area contributed by atoms with E-state index in [2.05, 4.69) is 10.6 Å². The zero-order valence-electron chi connectivity index (χ0n) is 13.7. The molecule has 2 atom stereocenters. The minimum atomic E-state index is -0.405. The molecule has 1 heterocycles. The van der Waals surface area contributed by atoms with E-state index in [1.54, 1.807) is 18.2 Å². The van der Waals surface area contributed by atoms with Crippen LogP contribution in [0.25, 0.3) is 0 Å². The molecule has 2 aromatic carbocycles. The van der Waals surface area contributed by atoms with Crippen LogP contribution in [0.1, 0.15) is 23.6 Å². The molecule has 25 heavy (non-hydrogen) atoms. The summed E-state index contributed by atoms with van der Waals surface area (Å²) in [5.74, 6) is 1.65. The first-order valence-corrected chi connectivity index (χ1v) is 9.77. The fourth-order valence-electron chi connectivity index (χ4n) is 2.90. The third-order valence-electron chi connectivity index (χ3n) is 4.16. The average Bonchev–Trinajstić information content (AvgIpc) is 2.62. The van der Waals surface area contributed by atoms with Crippen molar-refractivity contribution in [3.8, 4) is 0 Å². The van der Waals surface area contributed by atoms with Crippen molar-refractivity contribution in [2.45, 2.75) is 18.5 Å². The van der Waals surface area contributed by atoms with E-state index in [0.717, 1.165) is 29.2 Å². The molecule has 2 aromatic rings. The van der Waals surface area contributed by atoms with Gasteiger partial charge in [0.05, 0.1) is 6.04 Å². The Morgan fingerprint density at radius 3 is 2.72 bits per heavy atom. The molecule has 1 fully saturated rings. The van der Waals surface area contributed by atoms with E-state index in [0.29, 0.717) is 11.4 Å². The SMILES string of the molecule is O=C(CC1CSCCN1)NC(c1ccc(F)cc1)c1ccccc1Cl.